The van der Waals surface area contributed by atoms with E-state index in [0.29, 0.717) is 11.8 Å². The van der Waals surface area contributed by atoms with Gasteiger partial charge in [0.2, 0.25) is 0 Å². The predicted octanol–water partition coefficient (Wildman–Crippen LogP) is 7.62. The third-order valence-corrected chi connectivity index (χ3v) is 6.99. The number of alkyl halides is 4. The second-order valence-electron chi connectivity index (χ2n) is 9.68. The first-order valence-corrected chi connectivity index (χ1v) is 12.5. The van der Waals surface area contributed by atoms with E-state index in [1.807, 2.05) is 0 Å². The van der Waals surface area contributed by atoms with Crippen LogP contribution >= 0.6 is 0 Å². The van der Waals surface area contributed by atoms with Gasteiger partial charge in [0.05, 0.1) is 13.2 Å². The number of halogens is 4. The number of aryl methyl sites for hydroxylation is 1. The van der Waals surface area contributed by atoms with Crippen LogP contribution in [-0.2, 0) is 15.9 Å². The van der Waals surface area contributed by atoms with Crippen molar-refractivity contribution >= 4 is 0 Å². The minimum Gasteiger partial charge on any atom is -0.428 e. The van der Waals surface area contributed by atoms with Crippen molar-refractivity contribution in [3.8, 4) is 5.75 Å². The molecule has 1 aromatic rings. The molecule has 2 aliphatic rings. The number of rotatable bonds is 12. The topological polar surface area (TPSA) is 27.7 Å². The first-order valence-electron chi connectivity index (χ1n) is 12.5. The lowest BCUT2D eigenvalue weighted by atomic mass is 9.79. The molecule has 0 N–H and O–H groups in total. The SMILES string of the molecule is CCCCC1COC(C2CCC(CCCCc3ccc(OC(F)(F)C(F)F)cc3)CC2)OC1. The van der Waals surface area contributed by atoms with Crippen LogP contribution in [0.4, 0.5) is 17.6 Å². The molecule has 1 aromatic carbocycles. The molecule has 0 spiro atoms. The quantitative estimate of drug-likeness (QED) is 0.230. The van der Waals surface area contributed by atoms with Gasteiger partial charge < -0.3 is 14.2 Å². The van der Waals surface area contributed by atoms with Crippen molar-refractivity contribution in [2.75, 3.05) is 13.2 Å². The van der Waals surface area contributed by atoms with E-state index < -0.39 is 12.5 Å². The molecular weight excluding hydrogens is 436 g/mol. The van der Waals surface area contributed by atoms with Gasteiger partial charge in [0.25, 0.3) is 0 Å². The maximum absolute atomic E-state index is 13.0. The highest BCUT2D eigenvalue weighted by molar-refractivity contribution is 5.27. The monoisotopic (exact) mass is 474 g/mol. The summed E-state index contributed by atoms with van der Waals surface area (Å²) in [5.74, 6) is 1.57. The number of benzene rings is 1. The number of hydrogen-bond acceptors (Lipinski definition) is 3. The first-order chi connectivity index (χ1) is 15.9. The molecule has 0 amide bonds. The molecule has 1 aliphatic heterocycles. The van der Waals surface area contributed by atoms with Gasteiger partial charge in [-0.3, -0.25) is 0 Å². The van der Waals surface area contributed by atoms with Crippen molar-refractivity contribution in [2.24, 2.45) is 17.8 Å². The van der Waals surface area contributed by atoms with Crippen LogP contribution in [0.25, 0.3) is 0 Å². The summed E-state index contributed by atoms with van der Waals surface area (Å²) in [4.78, 5) is 0. The largest absolute Gasteiger partial charge is 0.461 e. The van der Waals surface area contributed by atoms with E-state index in [-0.39, 0.29) is 12.0 Å². The smallest absolute Gasteiger partial charge is 0.428 e. The zero-order chi connectivity index (χ0) is 23.7. The van der Waals surface area contributed by atoms with Gasteiger partial charge in [-0.05, 0) is 68.6 Å². The Morgan fingerprint density at radius 3 is 2.15 bits per heavy atom. The van der Waals surface area contributed by atoms with Crippen molar-refractivity contribution in [1.29, 1.82) is 0 Å². The fraction of sp³-hybridized carbons (Fsp3) is 0.769. The Morgan fingerprint density at radius 1 is 0.909 bits per heavy atom. The Morgan fingerprint density at radius 2 is 1.55 bits per heavy atom. The fourth-order valence-corrected chi connectivity index (χ4v) is 4.93. The summed E-state index contributed by atoms with van der Waals surface area (Å²) >= 11 is 0. The molecule has 3 rings (SSSR count). The Bertz CT molecular complexity index is 667. The molecule has 0 aromatic heterocycles. The highest BCUT2D eigenvalue weighted by Crippen LogP contribution is 2.36. The van der Waals surface area contributed by atoms with Gasteiger partial charge in [-0.15, -0.1) is 0 Å². The van der Waals surface area contributed by atoms with Crippen molar-refractivity contribution in [3.05, 3.63) is 29.8 Å². The highest BCUT2D eigenvalue weighted by Gasteiger charge is 2.43. The maximum atomic E-state index is 13.0. The average molecular weight is 475 g/mol. The third-order valence-electron chi connectivity index (χ3n) is 6.99. The molecule has 0 radical (unpaired) electrons. The first kappa shape index (κ1) is 26.3. The van der Waals surface area contributed by atoms with Crippen LogP contribution in [0.3, 0.4) is 0 Å². The van der Waals surface area contributed by atoms with Gasteiger partial charge >= 0.3 is 12.5 Å². The van der Waals surface area contributed by atoms with Crippen molar-refractivity contribution < 1.29 is 31.8 Å². The molecule has 188 valence electrons. The highest BCUT2D eigenvalue weighted by atomic mass is 19.3. The van der Waals surface area contributed by atoms with Gasteiger partial charge in [-0.25, -0.2) is 0 Å². The van der Waals surface area contributed by atoms with Crippen LogP contribution < -0.4 is 4.74 Å². The maximum Gasteiger partial charge on any atom is 0.461 e. The molecule has 1 aliphatic carbocycles. The molecule has 7 heteroatoms. The van der Waals surface area contributed by atoms with Gasteiger partial charge in [-0.1, -0.05) is 44.7 Å². The summed E-state index contributed by atoms with van der Waals surface area (Å²) in [5, 5.41) is 0. The summed E-state index contributed by atoms with van der Waals surface area (Å²) in [6, 6.07) is 5.99. The number of hydrogen-bond donors (Lipinski definition) is 0. The van der Waals surface area contributed by atoms with Gasteiger partial charge in [0, 0.05) is 11.8 Å². The standard InChI is InChI=1S/C26H38F4O3/c1-2-3-6-21-17-31-24(32-18-21)22-13-9-19(10-14-22)7-4-5-8-20-11-15-23(16-12-20)33-26(29,30)25(27)28/h11-12,15-16,19,21-22,24-25H,2-10,13-14,17-18H2,1H3. The molecule has 0 bridgehead atoms. The molecular formula is C26H38F4O3. The summed E-state index contributed by atoms with van der Waals surface area (Å²) in [7, 11) is 0. The molecule has 33 heavy (non-hydrogen) atoms. The Hall–Kier alpha value is -1.34. The van der Waals surface area contributed by atoms with Crippen LogP contribution in [0.5, 0.6) is 5.75 Å². The van der Waals surface area contributed by atoms with Crippen LogP contribution in [0.15, 0.2) is 24.3 Å². The van der Waals surface area contributed by atoms with E-state index in [9.17, 15) is 17.6 Å². The van der Waals surface area contributed by atoms with E-state index in [4.69, 9.17) is 9.47 Å². The number of ether oxygens (including phenoxy) is 3. The van der Waals surface area contributed by atoms with Crippen LogP contribution in [0.1, 0.15) is 76.7 Å². The minimum absolute atomic E-state index is 0.0172. The zero-order valence-electron chi connectivity index (χ0n) is 19.6. The van der Waals surface area contributed by atoms with E-state index in [2.05, 4.69) is 11.7 Å². The van der Waals surface area contributed by atoms with Crippen LogP contribution in [-0.4, -0.2) is 32.0 Å². The Balaban J connectivity index is 1.27. The normalized spacial score (nSPS) is 26.5. The lowest BCUT2D eigenvalue weighted by molar-refractivity contribution is -0.253. The van der Waals surface area contributed by atoms with E-state index in [1.54, 1.807) is 12.1 Å². The van der Waals surface area contributed by atoms with Crippen LogP contribution in [0.2, 0.25) is 0 Å². The van der Waals surface area contributed by atoms with Crippen molar-refractivity contribution in [1.82, 2.24) is 0 Å². The number of unbranched alkanes of at least 4 members (excludes halogenated alkanes) is 2. The minimum atomic E-state index is -4.47. The molecule has 1 saturated heterocycles. The summed E-state index contributed by atoms with van der Waals surface area (Å²) < 4.78 is 66.5. The second kappa shape index (κ2) is 12.9. The van der Waals surface area contributed by atoms with Gasteiger partial charge in [0.15, 0.2) is 6.29 Å². The lowest BCUT2D eigenvalue weighted by Crippen LogP contribution is -2.38. The zero-order valence-corrected chi connectivity index (χ0v) is 19.6. The molecule has 1 saturated carbocycles. The molecule has 0 unspecified atom stereocenters. The predicted molar refractivity (Wildman–Crippen MR) is 120 cm³/mol. The van der Waals surface area contributed by atoms with E-state index >= 15 is 0 Å². The van der Waals surface area contributed by atoms with Crippen molar-refractivity contribution in [2.45, 2.75) is 96.4 Å². The van der Waals surface area contributed by atoms with Crippen LogP contribution in [0, 0.1) is 17.8 Å². The van der Waals surface area contributed by atoms with Gasteiger partial charge in [-0.2, -0.15) is 17.6 Å². The second-order valence-corrected chi connectivity index (χ2v) is 9.68. The van der Waals surface area contributed by atoms with Gasteiger partial charge in [0.1, 0.15) is 5.75 Å². The summed E-state index contributed by atoms with van der Waals surface area (Å²) in [5.41, 5.74) is 0.996. The average Bonchev–Trinajstić information content (AvgIpc) is 2.82. The molecule has 3 nitrogen and oxygen atoms in total. The van der Waals surface area contributed by atoms with E-state index in [0.717, 1.165) is 44.0 Å². The summed E-state index contributed by atoms with van der Waals surface area (Å²) in [6.45, 7) is 3.89. The van der Waals surface area contributed by atoms with E-state index in [1.165, 1.54) is 63.5 Å². The summed E-state index contributed by atoms with van der Waals surface area (Å²) in [6.07, 6.45) is 4.26. The molecule has 1 heterocycles. The Kier molecular flexibility index (Phi) is 10.3. The lowest BCUT2D eigenvalue weighted by Gasteiger charge is -2.37. The fourth-order valence-electron chi connectivity index (χ4n) is 4.93. The molecule has 0 atom stereocenters. The van der Waals surface area contributed by atoms with Crippen molar-refractivity contribution in [3.63, 3.8) is 0 Å². The Labute approximate surface area is 195 Å². The molecule has 2 fully saturated rings. The third kappa shape index (κ3) is 8.43.